The Balaban J connectivity index is 1.91. The van der Waals surface area contributed by atoms with E-state index in [1.54, 1.807) is 48.5 Å². The summed E-state index contributed by atoms with van der Waals surface area (Å²) >= 11 is 5.24. The predicted octanol–water partition coefficient (Wildman–Crippen LogP) is 4.52. The maximum absolute atomic E-state index is 12.4. The predicted molar refractivity (Wildman–Crippen MR) is 124 cm³/mol. The van der Waals surface area contributed by atoms with Crippen molar-refractivity contribution in [2.75, 3.05) is 11.9 Å². The molecule has 30 heavy (non-hydrogen) atoms. The molecule has 1 atom stereocenters. The van der Waals surface area contributed by atoms with Gasteiger partial charge in [-0.2, -0.15) is 0 Å². The molecule has 2 amide bonds. The van der Waals surface area contributed by atoms with Gasteiger partial charge in [-0.25, -0.2) is 0 Å². The lowest BCUT2D eigenvalue weighted by Crippen LogP contribution is -2.34. The lowest BCUT2D eigenvalue weighted by atomic mass is 10.1. The number of ether oxygens (including phenoxy) is 1. The molecule has 0 saturated carbocycles. The zero-order chi connectivity index (χ0) is 21.9. The second-order valence-electron chi connectivity index (χ2n) is 7.00. The summed E-state index contributed by atoms with van der Waals surface area (Å²) in [5.74, 6) is 0.260. The molecule has 0 fully saturated rings. The fourth-order valence-corrected chi connectivity index (χ4v) is 2.73. The molecule has 7 heteroatoms. The van der Waals surface area contributed by atoms with E-state index in [1.165, 1.54) is 0 Å². The van der Waals surface area contributed by atoms with Gasteiger partial charge < -0.3 is 15.4 Å². The molecule has 2 aromatic rings. The van der Waals surface area contributed by atoms with Crippen molar-refractivity contribution >= 4 is 34.8 Å². The Kier molecular flexibility index (Phi) is 9.28. The Morgan fingerprint density at radius 3 is 2.43 bits per heavy atom. The van der Waals surface area contributed by atoms with Gasteiger partial charge in [-0.05, 0) is 74.4 Å². The van der Waals surface area contributed by atoms with E-state index in [9.17, 15) is 9.59 Å². The first-order valence-corrected chi connectivity index (χ1v) is 10.6. The van der Waals surface area contributed by atoms with Gasteiger partial charge in [0.25, 0.3) is 11.8 Å². The maximum Gasteiger partial charge on any atom is 0.257 e. The summed E-state index contributed by atoms with van der Waals surface area (Å²) in [6, 6.07) is 14.0. The van der Waals surface area contributed by atoms with Crippen LogP contribution in [-0.4, -0.2) is 29.6 Å². The SMILES string of the molecule is CCCCOc1ccc(C(=O)NC(=S)Nc2cccc(C(=O)NC(C)CC)c2)cc1. The van der Waals surface area contributed by atoms with Crippen LogP contribution in [0.2, 0.25) is 0 Å². The molecule has 0 aliphatic heterocycles. The molecular formula is C23H29N3O3S. The van der Waals surface area contributed by atoms with Gasteiger partial charge in [0, 0.05) is 22.9 Å². The number of benzene rings is 2. The van der Waals surface area contributed by atoms with Crippen molar-refractivity contribution in [3.63, 3.8) is 0 Å². The number of unbranched alkanes of at least 4 members (excludes halogenated alkanes) is 1. The minimum absolute atomic E-state index is 0.0953. The molecule has 0 saturated heterocycles. The molecule has 2 aromatic carbocycles. The van der Waals surface area contributed by atoms with Gasteiger partial charge in [0.2, 0.25) is 0 Å². The number of amides is 2. The highest BCUT2D eigenvalue weighted by atomic mass is 32.1. The van der Waals surface area contributed by atoms with E-state index >= 15 is 0 Å². The van der Waals surface area contributed by atoms with Crippen LogP contribution in [0.25, 0.3) is 0 Å². The number of hydrogen-bond acceptors (Lipinski definition) is 4. The fourth-order valence-electron chi connectivity index (χ4n) is 2.52. The van der Waals surface area contributed by atoms with Crippen LogP contribution in [0.15, 0.2) is 48.5 Å². The van der Waals surface area contributed by atoms with Crippen LogP contribution >= 0.6 is 12.2 Å². The van der Waals surface area contributed by atoms with E-state index < -0.39 is 0 Å². The Morgan fingerprint density at radius 2 is 1.77 bits per heavy atom. The minimum Gasteiger partial charge on any atom is -0.494 e. The molecule has 0 spiro atoms. The molecule has 0 aliphatic carbocycles. The molecule has 0 aliphatic rings. The highest BCUT2D eigenvalue weighted by molar-refractivity contribution is 7.80. The van der Waals surface area contributed by atoms with Gasteiger partial charge in [0.05, 0.1) is 6.61 Å². The molecular weight excluding hydrogens is 398 g/mol. The summed E-state index contributed by atoms with van der Waals surface area (Å²) in [5.41, 5.74) is 1.62. The molecule has 0 radical (unpaired) electrons. The Labute approximate surface area is 183 Å². The molecule has 6 nitrogen and oxygen atoms in total. The summed E-state index contributed by atoms with van der Waals surface area (Å²) in [6.07, 6.45) is 2.91. The van der Waals surface area contributed by atoms with Crippen LogP contribution in [-0.2, 0) is 0 Å². The monoisotopic (exact) mass is 427 g/mol. The summed E-state index contributed by atoms with van der Waals surface area (Å²) in [7, 11) is 0. The van der Waals surface area contributed by atoms with E-state index in [1.807, 2.05) is 13.8 Å². The van der Waals surface area contributed by atoms with E-state index in [4.69, 9.17) is 17.0 Å². The Hall–Kier alpha value is -2.93. The van der Waals surface area contributed by atoms with E-state index in [0.717, 1.165) is 25.0 Å². The third-order valence-corrected chi connectivity index (χ3v) is 4.69. The van der Waals surface area contributed by atoms with E-state index in [0.29, 0.717) is 23.4 Å². The third-order valence-electron chi connectivity index (χ3n) is 4.48. The van der Waals surface area contributed by atoms with Crippen LogP contribution in [0.1, 0.15) is 60.7 Å². The second kappa shape index (κ2) is 11.9. The summed E-state index contributed by atoms with van der Waals surface area (Å²) in [5, 5.41) is 8.67. The van der Waals surface area contributed by atoms with Crippen molar-refractivity contribution in [3.8, 4) is 5.75 Å². The van der Waals surface area contributed by atoms with Crippen LogP contribution in [0.5, 0.6) is 5.75 Å². The van der Waals surface area contributed by atoms with Crippen molar-refractivity contribution in [2.24, 2.45) is 0 Å². The molecule has 0 aromatic heterocycles. The Morgan fingerprint density at radius 1 is 1.03 bits per heavy atom. The standard InChI is InChI=1S/C23H29N3O3S/c1-4-6-14-29-20-12-10-17(11-13-20)21(27)26-23(30)25-19-9-7-8-18(15-19)22(28)24-16(3)5-2/h7-13,15-16H,4-6,14H2,1-3H3,(H,24,28)(H2,25,26,27,30). The number of carbonyl (C=O) groups excluding carboxylic acids is 2. The average molecular weight is 428 g/mol. The first kappa shape index (κ1) is 23.3. The Bertz CT molecular complexity index is 868. The number of nitrogens with one attached hydrogen (secondary N) is 3. The number of anilines is 1. The number of thiocarbonyl (C=S) groups is 1. The number of carbonyl (C=O) groups is 2. The summed E-state index contributed by atoms with van der Waals surface area (Å²) in [4.78, 5) is 24.7. The highest BCUT2D eigenvalue weighted by Gasteiger charge is 2.11. The smallest absolute Gasteiger partial charge is 0.257 e. The summed E-state index contributed by atoms with van der Waals surface area (Å²) in [6.45, 7) is 6.72. The molecule has 160 valence electrons. The normalized spacial score (nSPS) is 11.3. The zero-order valence-corrected chi connectivity index (χ0v) is 18.5. The summed E-state index contributed by atoms with van der Waals surface area (Å²) < 4.78 is 5.60. The van der Waals surface area contributed by atoms with Crippen LogP contribution < -0.4 is 20.7 Å². The number of hydrogen-bond donors (Lipinski definition) is 3. The van der Waals surface area contributed by atoms with Gasteiger partial charge in [0.1, 0.15) is 5.75 Å². The fraction of sp³-hybridized carbons (Fsp3) is 0.348. The lowest BCUT2D eigenvalue weighted by molar-refractivity contribution is 0.0937. The van der Waals surface area contributed by atoms with Gasteiger partial charge >= 0.3 is 0 Å². The average Bonchev–Trinajstić information content (AvgIpc) is 2.74. The lowest BCUT2D eigenvalue weighted by Gasteiger charge is -2.13. The van der Waals surface area contributed by atoms with Gasteiger partial charge in [0.15, 0.2) is 5.11 Å². The molecule has 1 unspecified atom stereocenters. The van der Waals surface area contributed by atoms with E-state index in [-0.39, 0.29) is 23.0 Å². The van der Waals surface area contributed by atoms with Crippen molar-refractivity contribution < 1.29 is 14.3 Å². The minimum atomic E-state index is -0.321. The van der Waals surface area contributed by atoms with Crippen molar-refractivity contribution in [1.82, 2.24) is 10.6 Å². The zero-order valence-electron chi connectivity index (χ0n) is 17.7. The van der Waals surface area contributed by atoms with Crippen molar-refractivity contribution in [3.05, 3.63) is 59.7 Å². The van der Waals surface area contributed by atoms with Gasteiger partial charge in [-0.1, -0.05) is 26.3 Å². The molecule has 0 bridgehead atoms. The molecule has 0 heterocycles. The topological polar surface area (TPSA) is 79.5 Å². The third kappa shape index (κ3) is 7.48. The van der Waals surface area contributed by atoms with Crippen molar-refractivity contribution in [2.45, 2.75) is 46.1 Å². The second-order valence-corrected chi connectivity index (χ2v) is 7.41. The van der Waals surface area contributed by atoms with Crippen LogP contribution in [0, 0.1) is 0 Å². The van der Waals surface area contributed by atoms with Gasteiger partial charge in [-0.15, -0.1) is 0 Å². The first-order chi connectivity index (χ1) is 14.4. The quantitative estimate of drug-likeness (QED) is 0.405. The molecule has 2 rings (SSSR count). The first-order valence-electron chi connectivity index (χ1n) is 10.2. The maximum atomic E-state index is 12.4. The highest BCUT2D eigenvalue weighted by Crippen LogP contribution is 2.14. The van der Waals surface area contributed by atoms with E-state index in [2.05, 4.69) is 22.9 Å². The molecule has 3 N–H and O–H groups in total. The van der Waals surface area contributed by atoms with Crippen LogP contribution in [0.4, 0.5) is 5.69 Å². The number of rotatable bonds is 9. The van der Waals surface area contributed by atoms with Crippen molar-refractivity contribution in [1.29, 1.82) is 0 Å². The van der Waals surface area contributed by atoms with Crippen LogP contribution in [0.3, 0.4) is 0 Å². The largest absolute Gasteiger partial charge is 0.494 e. The van der Waals surface area contributed by atoms with Gasteiger partial charge in [-0.3, -0.25) is 14.9 Å².